The molecule has 4 aromatic rings. The van der Waals surface area contributed by atoms with Crippen molar-refractivity contribution < 1.29 is 114 Å². The van der Waals surface area contributed by atoms with Crippen molar-refractivity contribution in [1.82, 2.24) is 10.6 Å². The first-order valence-corrected chi connectivity index (χ1v) is 42.0. The van der Waals surface area contributed by atoms with E-state index in [1.807, 2.05) is 0 Å². The molecule has 4 aromatic carbocycles. The van der Waals surface area contributed by atoms with Crippen LogP contribution in [-0.2, 0) is 53.6 Å². The summed E-state index contributed by atoms with van der Waals surface area (Å²) in [4.78, 5) is 23.6. The van der Waals surface area contributed by atoms with Crippen molar-refractivity contribution in [2.24, 2.45) is 11.8 Å². The number of aliphatic hydroxyl groups excluding tert-OH is 13. The first-order valence-electron chi connectivity index (χ1n) is 42.0. The van der Waals surface area contributed by atoms with Gasteiger partial charge in [-0.05, 0) is 97.7 Å². The summed E-state index contributed by atoms with van der Waals surface area (Å²) in [6, 6.07) is 26.4. The third kappa shape index (κ3) is 27.2. The van der Waals surface area contributed by atoms with Crippen molar-refractivity contribution in [3.05, 3.63) is 132 Å². The Balaban J connectivity index is 0.000000284. The van der Waals surface area contributed by atoms with Crippen LogP contribution in [0.25, 0.3) is 21.5 Å². The Morgan fingerprint density at radius 3 is 1.41 bits per heavy atom. The highest BCUT2D eigenvalue weighted by Crippen LogP contribution is 2.50. The van der Waals surface area contributed by atoms with E-state index < -0.39 is 149 Å². The maximum absolute atomic E-state index is 11.1. The van der Waals surface area contributed by atoms with Crippen molar-refractivity contribution in [3.63, 3.8) is 0 Å². The van der Waals surface area contributed by atoms with E-state index in [0.29, 0.717) is 32.2 Å². The second-order valence-corrected chi connectivity index (χ2v) is 31.8. The summed E-state index contributed by atoms with van der Waals surface area (Å²) < 4.78 is 42.0. The molecule has 4 unspecified atom stereocenters. The molecule has 0 radical (unpaired) electrons. The van der Waals surface area contributed by atoms with Gasteiger partial charge in [0.15, 0.2) is 18.3 Å². The fourth-order valence-electron chi connectivity index (χ4n) is 15.6. The molecule has 654 valence electrons. The van der Waals surface area contributed by atoms with Crippen LogP contribution in [-0.4, -0.2) is 272 Å². The van der Waals surface area contributed by atoms with Crippen LogP contribution < -0.4 is 15.5 Å². The number of likely N-dealkylation sites (N-methyl/N-ethyl adjacent to an activating group) is 1. The van der Waals surface area contributed by atoms with Crippen molar-refractivity contribution in [2.45, 2.75) is 295 Å². The van der Waals surface area contributed by atoms with Crippen molar-refractivity contribution >= 4 is 50.4 Å². The summed E-state index contributed by atoms with van der Waals surface area (Å²) in [7, 11) is 4.36. The molecule has 10 rings (SSSR count). The highest BCUT2D eigenvalue weighted by Gasteiger charge is 2.53. The number of rotatable bonds is 30. The average Bonchev–Trinajstić information content (AvgIpc) is 1.58. The van der Waals surface area contributed by atoms with Crippen molar-refractivity contribution in [2.75, 3.05) is 78.3 Å². The van der Waals surface area contributed by atoms with E-state index in [1.165, 1.54) is 108 Å². The molecule has 15 N–H and O–H groups in total. The highest BCUT2D eigenvalue weighted by atomic mass is 16.7. The van der Waals surface area contributed by atoms with Gasteiger partial charge in [-0.1, -0.05) is 192 Å². The lowest BCUT2D eigenvalue weighted by atomic mass is 9.79. The molecule has 6 aliphatic heterocycles. The molecule has 4 saturated heterocycles. The number of aliphatic hydroxyl groups is 13. The lowest BCUT2D eigenvalue weighted by molar-refractivity contribution is -0.401. The third-order valence-corrected chi connectivity index (χ3v) is 22.3. The second kappa shape index (κ2) is 50.9. The normalized spacial score (nSPS) is 29.5. The first-order chi connectivity index (χ1) is 55.4. The number of carbonyl (C=O) groups is 2. The minimum atomic E-state index is -1.45. The molecular weight excluding hydrogens is 1490 g/mol. The summed E-state index contributed by atoms with van der Waals surface area (Å²) >= 11 is 0. The molecule has 0 aliphatic carbocycles. The predicted octanol–water partition coefficient (Wildman–Crippen LogP) is 8.25. The van der Waals surface area contributed by atoms with Gasteiger partial charge < -0.3 is 115 Å². The van der Waals surface area contributed by atoms with E-state index in [-0.39, 0.29) is 48.9 Å². The molecule has 26 nitrogen and oxygen atoms in total. The number of benzene rings is 4. The number of nitrogens with one attached hydrogen (secondary N) is 2. The zero-order valence-electron chi connectivity index (χ0n) is 71.5. The molecule has 0 saturated carbocycles. The van der Waals surface area contributed by atoms with E-state index in [4.69, 9.17) is 38.3 Å². The van der Waals surface area contributed by atoms with Crippen LogP contribution in [0.3, 0.4) is 0 Å². The Bertz CT molecular complexity index is 3680. The fraction of sp³-hybridized carbons (Fsp3) is 0.656. The number of fused-ring (bicyclic) bond motifs is 6. The molecule has 20 atom stereocenters. The van der Waals surface area contributed by atoms with Crippen LogP contribution in [0.15, 0.2) is 121 Å². The summed E-state index contributed by atoms with van der Waals surface area (Å²) in [5.41, 5.74) is 7.91. The van der Waals surface area contributed by atoms with Gasteiger partial charge in [-0.3, -0.25) is 9.59 Å². The summed E-state index contributed by atoms with van der Waals surface area (Å²) in [6.07, 6.45) is 7.03. The molecule has 26 heteroatoms. The fourth-order valence-corrected chi connectivity index (χ4v) is 15.6. The quantitative estimate of drug-likeness (QED) is 0.0133. The molecule has 116 heavy (non-hydrogen) atoms. The molecule has 2 amide bonds. The van der Waals surface area contributed by atoms with Crippen LogP contribution >= 0.6 is 0 Å². The number of hydrogen-bond donors (Lipinski definition) is 15. The van der Waals surface area contributed by atoms with E-state index in [1.54, 1.807) is 13.8 Å². The van der Waals surface area contributed by atoms with Gasteiger partial charge in [0, 0.05) is 100 Å². The largest absolute Gasteiger partial charge is 0.396 e. The third-order valence-electron chi connectivity index (χ3n) is 22.3. The van der Waals surface area contributed by atoms with Crippen LogP contribution in [0.4, 0.5) is 11.4 Å². The minimum absolute atomic E-state index is 0.0621. The van der Waals surface area contributed by atoms with E-state index in [0.717, 1.165) is 19.4 Å². The van der Waals surface area contributed by atoms with E-state index >= 15 is 0 Å². The molecule has 6 aliphatic rings. The van der Waals surface area contributed by atoms with E-state index in [9.17, 15) is 70.9 Å². The number of hydrogen-bond acceptors (Lipinski definition) is 23. The summed E-state index contributed by atoms with van der Waals surface area (Å²) in [5.74, 6) is -1.18. The highest BCUT2D eigenvalue weighted by molar-refractivity contribution is 6.07. The lowest BCUT2D eigenvalue weighted by Gasteiger charge is -2.47. The van der Waals surface area contributed by atoms with Gasteiger partial charge in [-0.2, -0.15) is 4.58 Å². The Labute approximate surface area is 688 Å². The maximum atomic E-state index is 11.1. The molecule has 0 spiro atoms. The predicted molar refractivity (Wildman–Crippen MR) is 451 cm³/mol. The number of ether oxygens (including phenoxy) is 7. The Morgan fingerprint density at radius 1 is 0.483 bits per heavy atom. The molecule has 0 aromatic heterocycles. The summed E-state index contributed by atoms with van der Waals surface area (Å²) in [5, 5.41) is 140. The Hall–Kier alpha value is -6.03. The molecular formula is C90H143N4O22+. The molecule has 0 bridgehead atoms. The topological polar surface area (TPSA) is 392 Å². The number of amides is 2. The zero-order chi connectivity index (χ0) is 86.0. The van der Waals surface area contributed by atoms with Gasteiger partial charge >= 0.3 is 0 Å². The Kier molecular flexibility index (Phi) is 44.1. The Morgan fingerprint density at radius 2 is 0.931 bits per heavy atom. The number of unbranched alkanes of at least 4 members (excludes halogenated alkanes) is 5. The van der Waals surface area contributed by atoms with Gasteiger partial charge in [-0.25, -0.2) is 0 Å². The SMILES string of the molecule is CC(=O)NCCCO[C@H]1C(CCCO)O[C@H](CO)[C@@H](OC2O[C@H](CO)[C@@H](C)[C@H](O)[C@H]2O)[C@@H]1O.CCCCC.CCCCC.CCCCNC(C)=O.CN1/C(=C/C=C/C=C/C=C/C2=[N+](C)c3ccc4ccccc4c3C2(C)C)C(C)(C)c2c1ccc1ccccc21.C[C@H]1[C@H](O)[C@@H](O)C(O[C@H]2[C@H](O)[C@@H](O)C(CCCO)O[C@@H]2CO)O[C@@H]1CO. The number of carbonyl (C=O) groups excluding carboxylic acids is 2. The van der Waals surface area contributed by atoms with Crippen molar-refractivity contribution in [3.8, 4) is 0 Å². The van der Waals surface area contributed by atoms with Crippen LogP contribution in [0, 0.1) is 11.8 Å². The maximum Gasteiger partial charge on any atom is 0.216 e. The lowest BCUT2D eigenvalue weighted by Crippen LogP contribution is -2.63. The standard InChI is InChI=1S/C37H37N2.C21H39NO11.C16H30O10.C6H13NO.2C5H12/c1-36(2)32(38(5)30-24-22-26-16-12-14-18-28(26)34(30)36)20-10-8-7-9-11-21-33-37(3,4)35-29-19-15-13-17-27(29)23-25-31(35)39(33)6;1-11-14(9-24)32-21(17(28)16(11)27)33-20-15(10-25)31-13(5-3-7-23)19(18(20)29)30-8-4-6-22-12(2)26;1-7-9(5-18)25-16(14(23)11(7)20)26-15-10(6-19)24-8(3-2-4-17)12(21)13(15)22;1-3-4-5-7-6(2)8;2*1-3-5-4-2/h7-25H,1-6H3;11,13-21,23-25,27-29H,3-10H2,1-2H3,(H,22,26);7-23H,2-6H2,1H3;3-5H2,1-2H3,(H,7,8);2*3-5H2,1-2H3/q+1;;;;;/t;11-,13?,14-,15-,16+,17-,18-,19+,20-,21?;7-,8?,9-,10-,11+,12+,13-,14-,15-,16?;;;/m.11.../s1. The molecule has 4 fully saturated rings. The van der Waals surface area contributed by atoms with Crippen LogP contribution in [0.1, 0.15) is 185 Å². The summed E-state index contributed by atoms with van der Waals surface area (Å²) in [6.45, 7) is 25.8. The van der Waals surface area contributed by atoms with Crippen molar-refractivity contribution in [1.29, 1.82) is 0 Å². The second-order valence-electron chi connectivity index (χ2n) is 31.8. The van der Waals surface area contributed by atoms with E-state index in [2.05, 4.69) is 212 Å². The van der Waals surface area contributed by atoms with Gasteiger partial charge in [0.2, 0.25) is 17.5 Å². The molecule has 6 heterocycles. The number of nitrogens with zero attached hydrogens (tertiary/aromatic N) is 2. The van der Waals surface area contributed by atoms with Gasteiger partial charge in [0.1, 0.15) is 68.1 Å². The number of allylic oxidation sites excluding steroid dienone is 8. The minimum Gasteiger partial charge on any atom is -0.396 e. The zero-order valence-corrected chi connectivity index (χ0v) is 71.5. The average molecular weight is 1630 g/mol. The van der Waals surface area contributed by atoms with Gasteiger partial charge in [0.25, 0.3) is 0 Å². The monoisotopic (exact) mass is 1630 g/mol. The first kappa shape index (κ1) is 101. The van der Waals surface area contributed by atoms with Crippen LogP contribution in [0.5, 0.6) is 0 Å². The van der Waals surface area contributed by atoms with Crippen LogP contribution in [0.2, 0.25) is 0 Å². The number of anilines is 1. The smallest absolute Gasteiger partial charge is 0.216 e. The van der Waals surface area contributed by atoms with Gasteiger partial charge in [0.05, 0.1) is 68.5 Å². The van der Waals surface area contributed by atoms with Gasteiger partial charge in [-0.15, -0.1) is 0 Å².